The first-order valence-electron chi connectivity index (χ1n) is 5.99. The molecule has 106 valence electrons. The van der Waals surface area contributed by atoms with Gasteiger partial charge in [0.05, 0.1) is 5.25 Å². The molecule has 2 aromatic rings. The Labute approximate surface area is 130 Å². The number of halogens is 1. The van der Waals surface area contributed by atoms with Gasteiger partial charge in [-0.2, -0.15) is 0 Å². The minimum absolute atomic E-state index is 0.0757. The van der Waals surface area contributed by atoms with E-state index in [4.69, 9.17) is 11.6 Å². The molecule has 0 bridgehead atoms. The summed E-state index contributed by atoms with van der Waals surface area (Å²) in [7, 11) is 0. The predicted molar refractivity (Wildman–Crippen MR) is 84.8 cm³/mol. The first-order valence-corrected chi connectivity index (χ1v) is 8.07. The molecule has 0 spiro atoms. The van der Waals surface area contributed by atoms with Gasteiger partial charge in [0.15, 0.2) is 4.34 Å². The third-order valence-corrected chi connectivity index (χ3v) is 4.87. The number of amides is 1. The van der Waals surface area contributed by atoms with Crippen molar-refractivity contribution < 1.29 is 4.79 Å². The lowest BCUT2D eigenvalue weighted by Crippen LogP contribution is -2.22. The van der Waals surface area contributed by atoms with E-state index in [1.807, 2.05) is 26.8 Å². The van der Waals surface area contributed by atoms with Crippen LogP contribution in [-0.4, -0.2) is 21.4 Å². The fraction of sp³-hybridized carbons (Fsp3) is 0.308. The summed E-state index contributed by atoms with van der Waals surface area (Å²) in [6, 6.07) is 5.43. The zero-order valence-electron chi connectivity index (χ0n) is 11.3. The van der Waals surface area contributed by atoms with Gasteiger partial charge in [0.2, 0.25) is 5.91 Å². The monoisotopic (exact) mass is 327 g/mol. The van der Waals surface area contributed by atoms with Crippen LogP contribution in [0.4, 0.5) is 5.69 Å². The van der Waals surface area contributed by atoms with Crippen molar-refractivity contribution >= 4 is 46.3 Å². The molecule has 1 aromatic carbocycles. The number of aromatic nitrogens is 2. The van der Waals surface area contributed by atoms with Crippen LogP contribution in [0.25, 0.3) is 0 Å². The van der Waals surface area contributed by atoms with E-state index >= 15 is 0 Å². The molecule has 0 aliphatic heterocycles. The Bertz CT molecular complexity index is 630. The quantitative estimate of drug-likeness (QED) is 0.864. The van der Waals surface area contributed by atoms with E-state index in [0.29, 0.717) is 5.02 Å². The molecule has 1 N–H and O–H groups in total. The Balaban J connectivity index is 2.02. The number of anilines is 1. The highest BCUT2D eigenvalue weighted by Crippen LogP contribution is 2.27. The fourth-order valence-electron chi connectivity index (χ4n) is 1.49. The Morgan fingerprint density at radius 1 is 1.40 bits per heavy atom. The van der Waals surface area contributed by atoms with Crippen LogP contribution < -0.4 is 5.32 Å². The number of carbonyl (C=O) groups is 1. The zero-order valence-corrected chi connectivity index (χ0v) is 13.7. The molecule has 0 saturated carbocycles. The number of nitrogens with zero attached hydrogens (tertiary/aromatic N) is 2. The van der Waals surface area contributed by atoms with Crippen LogP contribution >= 0.6 is 34.7 Å². The molecule has 0 aliphatic carbocycles. The molecular formula is C13H14ClN3OS2. The maximum atomic E-state index is 12.2. The number of hydrogen-bond donors (Lipinski definition) is 1. The molecule has 1 unspecified atom stereocenters. The highest BCUT2D eigenvalue weighted by Gasteiger charge is 2.17. The van der Waals surface area contributed by atoms with Crippen molar-refractivity contribution in [2.45, 2.75) is 30.4 Å². The number of aryl methyl sites for hydroxylation is 2. The van der Waals surface area contributed by atoms with Crippen molar-refractivity contribution in [3.8, 4) is 0 Å². The van der Waals surface area contributed by atoms with Crippen LogP contribution in [0.2, 0.25) is 5.02 Å². The Hall–Kier alpha value is -1.11. The minimum atomic E-state index is -0.249. The van der Waals surface area contributed by atoms with E-state index in [0.717, 1.165) is 20.6 Å². The summed E-state index contributed by atoms with van der Waals surface area (Å²) in [4.78, 5) is 12.2. The van der Waals surface area contributed by atoms with Gasteiger partial charge < -0.3 is 5.32 Å². The Morgan fingerprint density at radius 3 is 2.80 bits per heavy atom. The lowest BCUT2D eigenvalue weighted by molar-refractivity contribution is -0.115. The summed E-state index contributed by atoms with van der Waals surface area (Å²) < 4.78 is 0.799. The number of carbonyl (C=O) groups excluding carboxylic acids is 1. The minimum Gasteiger partial charge on any atom is -0.325 e. The maximum absolute atomic E-state index is 12.2. The molecule has 20 heavy (non-hydrogen) atoms. The van der Waals surface area contributed by atoms with Crippen molar-refractivity contribution in [1.29, 1.82) is 0 Å². The van der Waals surface area contributed by atoms with Crippen LogP contribution in [0, 0.1) is 13.8 Å². The molecule has 1 amide bonds. The van der Waals surface area contributed by atoms with Gasteiger partial charge >= 0.3 is 0 Å². The third-order valence-electron chi connectivity index (χ3n) is 2.61. The molecule has 0 saturated heterocycles. The molecule has 2 rings (SSSR count). The molecule has 4 nitrogen and oxygen atoms in total. The average molecular weight is 328 g/mol. The number of hydrogen-bond acceptors (Lipinski definition) is 5. The summed E-state index contributed by atoms with van der Waals surface area (Å²) >= 11 is 8.83. The van der Waals surface area contributed by atoms with Gasteiger partial charge in [-0.1, -0.05) is 40.8 Å². The van der Waals surface area contributed by atoms with Crippen molar-refractivity contribution in [2.75, 3.05) is 5.32 Å². The lowest BCUT2D eigenvalue weighted by Gasteiger charge is -2.12. The smallest absolute Gasteiger partial charge is 0.237 e. The van der Waals surface area contributed by atoms with E-state index in [2.05, 4.69) is 15.5 Å². The van der Waals surface area contributed by atoms with Crippen LogP contribution in [0.3, 0.4) is 0 Å². The van der Waals surface area contributed by atoms with Crippen molar-refractivity contribution in [3.05, 3.63) is 33.8 Å². The fourth-order valence-corrected chi connectivity index (χ4v) is 3.63. The van der Waals surface area contributed by atoms with Crippen LogP contribution in [0.15, 0.2) is 22.5 Å². The highest BCUT2D eigenvalue weighted by molar-refractivity contribution is 8.02. The molecule has 0 radical (unpaired) electrons. The van der Waals surface area contributed by atoms with E-state index in [1.165, 1.54) is 23.1 Å². The number of rotatable bonds is 4. The van der Waals surface area contributed by atoms with Crippen molar-refractivity contribution in [3.63, 3.8) is 0 Å². The first kappa shape index (κ1) is 15.3. The number of thioether (sulfide) groups is 1. The summed E-state index contributed by atoms with van der Waals surface area (Å²) in [5.74, 6) is -0.0757. The second-order valence-corrected chi connectivity index (χ2v) is 7.50. The van der Waals surface area contributed by atoms with Gasteiger partial charge in [0, 0.05) is 10.7 Å². The third kappa shape index (κ3) is 3.94. The second-order valence-electron chi connectivity index (χ2n) is 4.30. The van der Waals surface area contributed by atoms with Gasteiger partial charge in [-0.3, -0.25) is 4.79 Å². The SMILES string of the molecule is Cc1nnc(SC(C)C(=O)Nc2cc(Cl)ccc2C)s1. The zero-order chi connectivity index (χ0) is 14.7. The van der Waals surface area contributed by atoms with Crippen LogP contribution in [-0.2, 0) is 4.79 Å². The van der Waals surface area contributed by atoms with Crippen molar-refractivity contribution in [2.24, 2.45) is 0 Å². The van der Waals surface area contributed by atoms with Gasteiger partial charge in [0.1, 0.15) is 5.01 Å². The first-order chi connectivity index (χ1) is 9.45. The van der Waals surface area contributed by atoms with Gasteiger partial charge in [-0.25, -0.2) is 0 Å². The van der Waals surface area contributed by atoms with Gasteiger partial charge in [-0.05, 0) is 38.5 Å². The molecule has 1 heterocycles. The maximum Gasteiger partial charge on any atom is 0.237 e. The Kier molecular flexibility index (Phi) is 5.01. The van der Waals surface area contributed by atoms with Gasteiger partial charge in [0.25, 0.3) is 0 Å². The Morgan fingerprint density at radius 2 is 2.15 bits per heavy atom. The molecule has 0 aliphatic rings. The van der Waals surface area contributed by atoms with E-state index in [-0.39, 0.29) is 11.2 Å². The normalized spacial score (nSPS) is 12.2. The van der Waals surface area contributed by atoms with E-state index in [9.17, 15) is 4.79 Å². The molecule has 7 heteroatoms. The van der Waals surface area contributed by atoms with Crippen LogP contribution in [0.1, 0.15) is 17.5 Å². The topological polar surface area (TPSA) is 54.9 Å². The summed E-state index contributed by atoms with van der Waals surface area (Å²) in [5.41, 5.74) is 1.72. The average Bonchev–Trinajstić information content (AvgIpc) is 2.79. The summed E-state index contributed by atoms with van der Waals surface area (Å²) in [5, 5.41) is 12.1. The summed E-state index contributed by atoms with van der Waals surface area (Å²) in [6.45, 7) is 5.66. The van der Waals surface area contributed by atoms with Gasteiger partial charge in [-0.15, -0.1) is 10.2 Å². The second kappa shape index (κ2) is 6.56. The molecule has 1 aromatic heterocycles. The highest BCUT2D eigenvalue weighted by atomic mass is 35.5. The molecule has 0 fully saturated rings. The number of nitrogens with one attached hydrogen (secondary N) is 1. The summed E-state index contributed by atoms with van der Waals surface area (Å²) in [6.07, 6.45) is 0. The van der Waals surface area contributed by atoms with Crippen molar-refractivity contribution in [1.82, 2.24) is 10.2 Å². The largest absolute Gasteiger partial charge is 0.325 e. The number of benzene rings is 1. The van der Waals surface area contributed by atoms with E-state index < -0.39 is 0 Å². The van der Waals surface area contributed by atoms with Crippen LogP contribution in [0.5, 0.6) is 0 Å². The standard InChI is InChI=1S/C13H14ClN3OS2/c1-7-4-5-10(14)6-11(7)15-12(18)8(2)19-13-17-16-9(3)20-13/h4-6,8H,1-3H3,(H,15,18). The predicted octanol–water partition coefficient (Wildman–Crippen LogP) is 3.93. The molecular weight excluding hydrogens is 314 g/mol. The van der Waals surface area contributed by atoms with E-state index in [1.54, 1.807) is 12.1 Å². The molecule has 1 atom stereocenters. The lowest BCUT2D eigenvalue weighted by atomic mass is 10.2.